The first-order valence-electron chi connectivity index (χ1n) is 4.91. The molecule has 1 saturated carbocycles. The van der Waals surface area contributed by atoms with Gasteiger partial charge in [0, 0.05) is 12.0 Å². The van der Waals surface area contributed by atoms with Crippen LogP contribution >= 0.6 is 11.6 Å². The molecule has 0 N–H and O–H groups in total. The summed E-state index contributed by atoms with van der Waals surface area (Å²) < 4.78 is 5.28. The molecule has 2 aromatic rings. The van der Waals surface area contributed by atoms with Gasteiger partial charge in [0.25, 0.3) is 0 Å². The third kappa shape index (κ3) is 1.75. The molecule has 0 spiro atoms. The van der Waals surface area contributed by atoms with E-state index in [0.29, 0.717) is 11.1 Å². The van der Waals surface area contributed by atoms with Crippen molar-refractivity contribution in [1.82, 2.24) is 9.97 Å². The van der Waals surface area contributed by atoms with Crippen LogP contribution in [0.15, 0.2) is 28.9 Å². The number of rotatable bonds is 2. The minimum atomic E-state index is 0.485. The molecule has 2 aromatic heterocycles. The summed E-state index contributed by atoms with van der Waals surface area (Å²) in [4.78, 5) is 8.67. The van der Waals surface area contributed by atoms with Crippen LogP contribution in [0.25, 0.3) is 11.5 Å². The van der Waals surface area contributed by atoms with Gasteiger partial charge in [-0.25, -0.2) is 9.97 Å². The van der Waals surface area contributed by atoms with Gasteiger partial charge in [0.05, 0.1) is 6.26 Å². The van der Waals surface area contributed by atoms with Crippen molar-refractivity contribution in [2.24, 2.45) is 0 Å². The Hall–Kier alpha value is -1.35. The summed E-state index contributed by atoms with van der Waals surface area (Å²) in [5.41, 5.74) is 0.766. The lowest BCUT2D eigenvalue weighted by Gasteiger charge is -2.01. The molecular weight excluding hydrogens is 212 g/mol. The predicted molar refractivity (Wildman–Crippen MR) is 56.7 cm³/mol. The van der Waals surface area contributed by atoms with E-state index in [4.69, 9.17) is 16.0 Å². The second-order valence-electron chi connectivity index (χ2n) is 3.69. The van der Waals surface area contributed by atoms with Gasteiger partial charge in [-0.05, 0) is 25.0 Å². The Balaban J connectivity index is 2.07. The minimum absolute atomic E-state index is 0.485. The lowest BCUT2D eigenvalue weighted by Crippen LogP contribution is -1.94. The second kappa shape index (κ2) is 3.35. The first kappa shape index (κ1) is 8.92. The van der Waals surface area contributed by atoms with Crippen molar-refractivity contribution in [2.75, 3.05) is 0 Å². The van der Waals surface area contributed by atoms with E-state index in [1.165, 1.54) is 0 Å². The first-order chi connectivity index (χ1) is 7.33. The van der Waals surface area contributed by atoms with E-state index in [-0.39, 0.29) is 0 Å². The lowest BCUT2D eigenvalue weighted by atomic mass is 10.3. The molecule has 15 heavy (non-hydrogen) atoms. The SMILES string of the molecule is Clc1cc(-c2ccco2)nc(C2CC2)n1. The summed E-state index contributed by atoms with van der Waals surface area (Å²) in [7, 11) is 0. The Bertz CT molecular complexity index is 477. The van der Waals surface area contributed by atoms with Crippen molar-refractivity contribution in [3.8, 4) is 11.5 Å². The average molecular weight is 221 g/mol. The molecule has 0 radical (unpaired) electrons. The molecule has 0 aliphatic heterocycles. The number of halogens is 1. The molecular formula is C11H9ClN2O. The van der Waals surface area contributed by atoms with Crippen molar-refractivity contribution >= 4 is 11.6 Å². The first-order valence-corrected chi connectivity index (χ1v) is 5.29. The van der Waals surface area contributed by atoms with Crippen molar-refractivity contribution in [1.29, 1.82) is 0 Å². The van der Waals surface area contributed by atoms with Gasteiger partial charge < -0.3 is 4.42 Å². The number of aromatic nitrogens is 2. The van der Waals surface area contributed by atoms with Gasteiger partial charge in [-0.2, -0.15) is 0 Å². The summed E-state index contributed by atoms with van der Waals surface area (Å²) in [6.45, 7) is 0. The maximum Gasteiger partial charge on any atom is 0.152 e. The van der Waals surface area contributed by atoms with Gasteiger partial charge in [0.1, 0.15) is 16.7 Å². The zero-order chi connectivity index (χ0) is 10.3. The third-order valence-corrected chi connectivity index (χ3v) is 2.62. The monoisotopic (exact) mass is 220 g/mol. The standard InChI is InChI=1S/C11H9ClN2O/c12-10-6-8(9-2-1-5-15-9)13-11(14-10)7-3-4-7/h1-2,5-7H,3-4H2. The van der Waals surface area contributed by atoms with Crippen LogP contribution in [-0.2, 0) is 0 Å². The predicted octanol–water partition coefficient (Wildman–Crippen LogP) is 3.27. The highest BCUT2D eigenvalue weighted by Gasteiger charge is 2.27. The fraction of sp³-hybridized carbons (Fsp3) is 0.273. The summed E-state index contributed by atoms with van der Waals surface area (Å²) in [5, 5.41) is 0.485. The van der Waals surface area contributed by atoms with Gasteiger partial charge in [-0.3, -0.25) is 0 Å². The highest BCUT2D eigenvalue weighted by molar-refractivity contribution is 6.29. The maximum atomic E-state index is 5.95. The van der Waals surface area contributed by atoms with E-state index >= 15 is 0 Å². The van der Waals surface area contributed by atoms with Crippen LogP contribution in [0.2, 0.25) is 5.15 Å². The summed E-state index contributed by atoms with van der Waals surface area (Å²) in [6, 6.07) is 5.43. The molecule has 0 aromatic carbocycles. The Morgan fingerprint density at radius 2 is 2.20 bits per heavy atom. The highest BCUT2D eigenvalue weighted by atomic mass is 35.5. The normalized spacial score (nSPS) is 15.5. The zero-order valence-corrected chi connectivity index (χ0v) is 8.74. The quantitative estimate of drug-likeness (QED) is 0.730. The summed E-state index contributed by atoms with van der Waals surface area (Å²) in [6.07, 6.45) is 3.96. The smallest absolute Gasteiger partial charge is 0.152 e. The van der Waals surface area contributed by atoms with Crippen LogP contribution in [-0.4, -0.2) is 9.97 Å². The molecule has 3 nitrogen and oxygen atoms in total. The van der Waals surface area contributed by atoms with Crippen LogP contribution in [0.3, 0.4) is 0 Å². The van der Waals surface area contributed by atoms with Gasteiger partial charge in [0.2, 0.25) is 0 Å². The Morgan fingerprint density at radius 3 is 2.87 bits per heavy atom. The topological polar surface area (TPSA) is 38.9 Å². The molecule has 4 heteroatoms. The molecule has 1 fully saturated rings. The summed E-state index contributed by atoms with van der Waals surface area (Å²) >= 11 is 5.95. The Morgan fingerprint density at radius 1 is 1.33 bits per heavy atom. The van der Waals surface area contributed by atoms with E-state index in [9.17, 15) is 0 Å². The Labute approximate surface area is 92.1 Å². The minimum Gasteiger partial charge on any atom is -0.463 e. The third-order valence-electron chi connectivity index (χ3n) is 2.43. The fourth-order valence-corrected chi connectivity index (χ4v) is 1.70. The molecule has 1 aliphatic carbocycles. The molecule has 0 bridgehead atoms. The number of hydrogen-bond acceptors (Lipinski definition) is 3. The molecule has 0 atom stereocenters. The zero-order valence-electron chi connectivity index (χ0n) is 7.98. The van der Waals surface area contributed by atoms with E-state index in [2.05, 4.69) is 9.97 Å². The van der Waals surface area contributed by atoms with Crippen LogP contribution in [0, 0.1) is 0 Å². The second-order valence-corrected chi connectivity index (χ2v) is 4.07. The number of hydrogen-bond donors (Lipinski definition) is 0. The number of nitrogens with zero attached hydrogens (tertiary/aromatic N) is 2. The van der Waals surface area contributed by atoms with Gasteiger partial charge >= 0.3 is 0 Å². The molecule has 0 saturated heterocycles. The van der Waals surface area contributed by atoms with Crippen molar-refractivity contribution < 1.29 is 4.42 Å². The highest BCUT2D eigenvalue weighted by Crippen LogP contribution is 2.39. The fourth-order valence-electron chi connectivity index (χ4n) is 1.51. The molecule has 0 amide bonds. The number of furan rings is 1. The molecule has 1 aliphatic rings. The van der Waals surface area contributed by atoms with Crippen molar-refractivity contribution in [2.45, 2.75) is 18.8 Å². The maximum absolute atomic E-state index is 5.95. The Kier molecular flexibility index (Phi) is 1.99. The van der Waals surface area contributed by atoms with Gasteiger partial charge in [-0.15, -0.1) is 0 Å². The van der Waals surface area contributed by atoms with Crippen molar-refractivity contribution in [3.05, 3.63) is 35.4 Å². The van der Waals surface area contributed by atoms with E-state index in [1.807, 2.05) is 12.1 Å². The van der Waals surface area contributed by atoms with Gasteiger partial charge in [-0.1, -0.05) is 11.6 Å². The van der Waals surface area contributed by atoms with Gasteiger partial charge in [0.15, 0.2) is 5.76 Å². The largest absolute Gasteiger partial charge is 0.463 e. The molecule has 76 valence electrons. The van der Waals surface area contributed by atoms with E-state index in [0.717, 1.165) is 30.1 Å². The average Bonchev–Trinajstić information content (AvgIpc) is 2.93. The van der Waals surface area contributed by atoms with Crippen LogP contribution < -0.4 is 0 Å². The van der Waals surface area contributed by atoms with Crippen LogP contribution in [0.4, 0.5) is 0 Å². The van der Waals surface area contributed by atoms with E-state index in [1.54, 1.807) is 12.3 Å². The van der Waals surface area contributed by atoms with Crippen LogP contribution in [0.1, 0.15) is 24.6 Å². The molecule has 0 unspecified atom stereocenters. The van der Waals surface area contributed by atoms with E-state index < -0.39 is 0 Å². The molecule has 3 rings (SSSR count). The summed E-state index contributed by atoms with van der Waals surface area (Å²) in [5.74, 6) is 2.08. The van der Waals surface area contributed by atoms with Crippen LogP contribution in [0.5, 0.6) is 0 Å². The van der Waals surface area contributed by atoms with Crippen molar-refractivity contribution in [3.63, 3.8) is 0 Å². The lowest BCUT2D eigenvalue weighted by molar-refractivity contribution is 0.579. The molecule has 2 heterocycles.